The standard InChI is InChI=1S/C19H19ClN4O4S2/c1-12(24(30(3,26)27)15-8-6-14(20)7-9-15)17(25)21-19-23-22-18(29-19)13-4-10-16(28-2)11-5-13/h4-12H,1-3H3,(H,21,23,25)/t12-/m1/s1. The molecule has 1 atom stereocenters. The first-order valence-corrected chi connectivity index (χ1v) is 11.8. The number of aromatic nitrogens is 2. The number of benzene rings is 2. The Kier molecular flexibility index (Phi) is 6.59. The SMILES string of the molecule is COc1ccc(-c2nnc(NC(=O)[C@@H](C)N(c3ccc(Cl)cc3)S(C)(=O)=O)s2)cc1. The number of anilines is 2. The molecule has 11 heteroatoms. The zero-order chi connectivity index (χ0) is 21.9. The molecule has 0 radical (unpaired) electrons. The molecule has 2 aromatic carbocycles. The minimum atomic E-state index is -3.73. The zero-order valence-corrected chi connectivity index (χ0v) is 18.8. The topological polar surface area (TPSA) is 101 Å². The molecule has 0 spiro atoms. The van der Waals surface area contributed by atoms with E-state index in [4.69, 9.17) is 16.3 Å². The predicted molar refractivity (Wildman–Crippen MR) is 119 cm³/mol. The number of amides is 1. The van der Waals surface area contributed by atoms with Crippen molar-refractivity contribution in [3.8, 4) is 16.3 Å². The summed E-state index contributed by atoms with van der Waals surface area (Å²) in [4.78, 5) is 12.7. The van der Waals surface area contributed by atoms with Gasteiger partial charge in [-0.2, -0.15) is 0 Å². The molecule has 8 nitrogen and oxygen atoms in total. The van der Waals surface area contributed by atoms with Crippen molar-refractivity contribution in [2.75, 3.05) is 23.0 Å². The van der Waals surface area contributed by atoms with Gasteiger partial charge in [0.25, 0.3) is 0 Å². The highest BCUT2D eigenvalue weighted by Gasteiger charge is 2.29. The van der Waals surface area contributed by atoms with Crippen LogP contribution in [0.3, 0.4) is 0 Å². The minimum Gasteiger partial charge on any atom is -0.497 e. The van der Waals surface area contributed by atoms with Crippen LogP contribution in [0.4, 0.5) is 10.8 Å². The number of carbonyl (C=O) groups excluding carboxylic acids is 1. The van der Waals surface area contributed by atoms with Crippen LogP contribution in [0.15, 0.2) is 48.5 Å². The van der Waals surface area contributed by atoms with Gasteiger partial charge in [-0.05, 0) is 55.5 Å². The number of halogens is 1. The number of sulfonamides is 1. The monoisotopic (exact) mass is 466 g/mol. The maximum absolute atomic E-state index is 12.7. The first kappa shape index (κ1) is 22.0. The summed E-state index contributed by atoms with van der Waals surface area (Å²) in [6.07, 6.45) is 1.04. The first-order chi connectivity index (χ1) is 14.2. The number of rotatable bonds is 7. The summed E-state index contributed by atoms with van der Waals surface area (Å²) in [5, 5.41) is 12.0. The highest BCUT2D eigenvalue weighted by Crippen LogP contribution is 2.28. The van der Waals surface area contributed by atoms with Gasteiger partial charge in [0.2, 0.25) is 21.1 Å². The van der Waals surface area contributed by atoms with Crippen LogP contribution in [0.25, 0.3) is 10.6 Å². The predicted octanol–water partition coefficient (Wildman–Crippen LogP) is 3.66. The maximum atomic E-state index is 12.7. The molecule has 0 aliphatic rings. The van der Waals surface area contributed by atoms with Crippen molar-refractivity contribution in [2.45, 2.75) is 13.0 Å². The highest BCUT2D eigenvalue weighted by atomic mass is 35.5. The Labute approximate surface area is 183 Å². The van der Waals surface area contributed by atoms with Crippen molar-refractivity contribution in [2.24, 2.45) is 0 Å². The molecule has 0 aliphatic heterocycles. The Bertz CT molecular complexity index is 1130. The largest absolute Gasteiger partial charge is 0.497 e. The summed E-state index contributed by atoms with van der Waals surface area (Å²) >= 11 is 7.06. The van der Waals surface area contributed by atoms with Crippen LogP contribution < -0.4 is 14.4 Å². The number of hydrogen-bond donors (Lipinski definition) is 1. The smallest absolute Gasteiger partial charge is 0.249 e. The summed E-state index contributed by atoms with van der Waals surface area (Å²) in [6, 6.07) is 12.4. The fraction of sp³-hybridized carbons (Fsp3) is 0.211. The van der Waals surface area contributed by atoms with Gasteiger partial charge in [0.15, 0.2) is 0 Å². The van der Waals surface area contributed by atoms with E-state index in [9.17, 15) is 13.2 Å². The molecule has 1 aromatic heterocycles. The molecular weight excluding hydrogens is 448 g/mol. The summed E-state index contributed by atoms with van der Waals surface area (Å²) < 4.78 is 30.8. The molecule has 1 amide bonds. The summed E-state index contributed by atoms with van der Waals surface area (Å²) in [5.74, 6) is 0.182. The average Bonchev–Trinajstić information content (AvgIpc) is 3.17. The lowest BCUT2D eigenvalue weighted by Gasteiger charge is -2.27. The van der Waals surface area contributed by atoms with E-state index < -0.39 is 22.0 Å². The second-order valence-corrected chi connectivity index (χ2v) is 9.61. The Morgan fingerprint density at radius 1 is 1.13 bits per heavy atom. The first-order valence-electron chi connectivity index (χ1n) is 8.73. The third kappa shape index (κ3) is 5.07. The zero-order valence-electron chi connectivity index (χ0n) is 16.4. The highest BCUT2D eigenvalue weighted by molar-refractivity contribution is 7.92. The van der Waals surface area contributed by atoms with E-state index in [0.717, 1.165) is 16.1 Å². The molecule has 0 bridgehead atoms. The molecular formula is C19H19ClN4O4S2. The van der Waals surface area contributed by atoms with E-state index in [1.165, 1.54) is 18.3 Å². The molecule has 0 unspecified atom stereocenters. The Hall–Kier alpha value is -2.69. The number of hydrogen-bond acceptors (Lipinski definition) is 7. The Balaban J connectivity index is 1.78. The lowest BCUT2D eigenvalue weighted by Crippen LogP contribution is -2.45. The van der Waals surface area contributed by atoms with Crippen LogP contribution >= 0.6 is 22.9 Å². The van der Waals surface area contributed by atoms with Gasteiger partial charge in [-0.25, -0.2) is 8.42 Å². The molecule has 0 saturated carbocycles. The van der Waals surface area contributed by atoms with E-state index in [0.29, 0.717) is 21.5 Å². The van der Waals surface area contributed by atoms with Crippen molar-refractivity contribution >= 4 is 49.7 Å². The van der Waals surface area contributed by atoms with Crippen molar-refractivity contribution in [3.63, 3.8) is 0 Å². The minimum absolute atomic E-state index is 0.266. The fourth-order valence-corrected chi connectivity index (χ4v) is 4.78. The third-order valence-corrected chi connectivity index (χ3v) is 6.54. The molecule has 158 valence electrons. The van der Waals surface area contributed by atoms with Crippen molar-refractivity contribution in [1.82, 2.24) is 10.2 Å². The number of ether oxygens (including phenoxy) is 1. The van der Waals surface area contributed by atoms with E-state index >= 15 is 0 Å². The van der Waals surface area contributed by atoms with Crippen LogP contribution in [-0.2, 0) is 14.8 Å². The van der Waals surface area contributed by atoms with Crippen LogP contribution in [0, 0.1) is 0 Å². The van der Waals surface area contributed by atoms with Crippen molar-refractivity contribution < 1.29 is 17.9 Å². The maximum Gasteiger partial charge on any atom is 0.249 e. The van der Waals surface area contributed by atoms with Crippen molar-refractivity contribution in [1.29, 1.82) is 0 Å². The van der Waals surface area contributed by atoms with Gasteiger partial charge in [-0.3, -0.25) is 14.4 Å². The van der Waals surface area contributed by atoms with E-state index in [1.54, 1.807) is 43.5 Å². The van der Waals surface area contributed by atoms with E-state index in [-0.39, 0.29) is 5.13 Å². The summed E-state index contributed by atoms with van der Waals surface area (Å²) in [5.41, 5.74) is 1.15. The van der Waals surface area contributed by atoms with Gasteiger partial charge in [-0.1, -0.05) is 22.9 Å². The van der Waals surface area contributed by atoms with Gasteiger partial charge < -0.3 is 4.74 Å². The van der Waals surface area contributed by atoms with Gasteiger partial charge in [-0.15, -0.1) is 10.2 Å². The lowest BCUT2D eigenvalue weighted by molar-refractivity contribution is -0.116. The van der Waals surface area contributed by atoms with Gasteiger partial charge in [0.05, 0.1) is 19.1 Å². The van der Waals surface area contributed by atoms with Crippen LogP contribution in [-0.4, -0.2) is 43.9 Å². The number of methoxy groups -OCH3 is 1. The van der Waals surface area contributed by atoms with Crippen molar-refractivity contribution in [3.05, 3.63) is 53.6 Å². The van der Waals surface area contributed by atoms with Crippen LogP contribution in [0.1, 0.15) is 6.92 Å². The van der Waals surface area contributed by atoms with Gasteiger partial charge >= 0.3 is 0 Å². The van der Waals surface area contributed by atoms with Crippen LogP contribution in [0.5, 0.6) is 5.75 Å². The number of nitrogens with zero attached hydrogens (tertiary/aromatic N) is 3. The van der Waals surface area contributed by atoms with Gasteiger partial charge in [0.1, 0.15) is 16.8 Å². The molecule has 1 N–H and O–H groups in total. The Morgan fingerprint density at radius 2 is 1.77 bits per heavy atom. The second-order valence-electron chi connectivity index (χ2n) is 6.34. The third-order valence-electron chi connectivity index (χ3n) is 4.16. The van der Waals surface area contributed by atoms with Crippen LogP contribution in [0.2, 0.25) is 5.02 Å². The molecule has 3 aromatic rings. The molecule has 30 heavy (non-hydrogen) atoms. The summed E-state index contributed by atoms with van der Waals surface area (Å²) in [7, 11) is -2.14. The summed E-state index contributed by atoms with van der Waals surface area (Å²) in [6.45, 7) is 1.50. The average molecular weight is 467 g/mol. The van der Waals surface area contributed by atoms with Gasteiger partial charge in [0, 0.05) is 10.6 Å². The van der Waals surface area contributed by atoms with E-state index in [2.05, 4.69) is 15.5 Å². The molecule has 0 saturated heterocycles. The normalized spacial score (nSPS) is 12.3. The molecule has 0 aliphatic carbocycles. The molecule has 3 rings (SSSR count). The fourth-order valence-electron chi connectivity index (χ4n) is 2.73. The molecule has 1 heterocycles. The lowest BCUT2D eigenvalue weighted by atomic mass is 10.2. The number of nitrogens with one attached hydrogen (secondary N) is 1. The quantitative estimate of drug-likeness (QED) is 0.570. The number of carbonyl (C=O) groups is 1. The molecule has 0 fully saturated rings. The second kappa shape index (κ2) is 8.99. The van der Waals surface area contributed by atoms with E-state index in [1.807, 2.05) is 12.1 Å². The Morgan fingerprint density at radius 3 is 2.33 bits per heavy atom.